The molecule has 2 rings (SSSR count). The smallest absolute Gasteiger partial charge is 0.240 e. The van der Waals surface area contributed by atoms with Gasteiger partial charge in [0.1, 0.15) is 0 Å². The van der Waals surface area contributed by atoms with E-state index >= 15 is 0 Å². The first-order valence-electron chi connectivity index (χ1n) is 8.51. The number of nitrogens with zero attached hydrogens (tertiary/aromatic N) is 1. The summed E-state index contributed by atoms with van der Waals surface area (Å²) < 4.78 is 27.5. The highest BCUT2D eigenvalue weighted by Crippen LogP contribution is 2.28. The Morgan fingerprint density at radius 2 is 1.92 bits per heavy atom. The Balaban J connectivity index is 0.00000312. The van der Waals surface area contributed by atoms with E-state index in [0.29, 0.717) is 18.0 Å². The van der Waals surface area contributed by atoms with Crippen LogP contribution in [0.4, 0.5) is 0 Å². The van der Waals surface area contributed by atoms with Crippen LogP contribution in [0.1, 0.15) is 30.9 Å². The third kappa shape index (κ3) is 7.49. The number of guanidine groups is 1. The molecule has 0 saturated heterocycles. The lowest BCUT2D eigenvalue weighted by molar-refractivity contribution is 0.579. The van der Waals surface area contributed by atoms with E-state index in [9.17, 15) is 8.42 Å². The Morgan fingerprint density at radius 3 is 2.56 bits per heavy atom. The van der Waals surface area contributed by atoms with Crippen molar-refractivity contribution >= 4 is 40.0 Å². The summed E-state index contributed by atoms with van der Waals surface area (Å²) >= 11 is 0. The van der Waals surface area contributed by atoms with E-state index < -0.39 is 10.0 Å². The summed E-state index contributed by atoms with van der Waals surface area (Å²) in [5.41, 5.74) is 1.68. The van der Waals surface area contributed by atoms with E-state index in [0.717, 1.165) is 36.1 Å². The van der Waals surface area contributed by atoms with Crippen molar-refractivity contribution in [2.24, 2.45) is 10.9 Å². The lowest BCUT2D eigenvalue weighted by Gasteiger charge is -2.13. The van der Waals surface area contributed by atoms with Gasteiger partial charge in [0.05, 0.1) is 4.90 Å². The van der Waals surface area contributed by atoms with E-state index in [-0.39, 0.29) is 24.0 Å². The van der Waals surface area contributed by atoms with Gasteiger partial charge >= 0.3 is 0 Å². The first kappa shape index (κ1) is 22.2. The number of hydrogen-bond acceptors (Lipinski definition) is 3. The van der Waals surface area contributed by atoms with Gasteiger partial charge in [0, 0.05) is 26.2 Å². The van der Waals surface area contributed by atoms with Gasteiger partial charge in [-0.3, -0.25) is 4.99 Å². The molecule has 0 heterocycles. The van der Waals surface area contributed by atoms with Crippen LogP contribution in [0.15, 0.2) is 28.1 Å². The van der Waals surface area contributed by atoms with Crippen molar-refractivity contribution in [3.63, 3.8) is 0 Å². The van der Waals surface area contributed by atoms with Gasteiger partial charge in [0.25, 0.3) is 0 Å². The lowest BCUT2D eigenvalue weighted by atomic mass is 10.2. The molecule has 1 saturated carbocycles. The molecule has 8 heteroatoms. The highest BCUT2D eigenvalue weighted by molar-refractivity contribution is 14.0. The van der Waals surface area contributed by atoms with Gasteiger partial charge in [0.15, 0.2) is 5.96 Å². The van der Waals surface area contributed by atoms with Crippen LogP contribution in [0.3, 0.4) is 0 Å². The lowest BCUT2D eigenvalue weighted by Crippen LogP contribution is -2.41. The van der Waals surface area contributed by atoms with Crippen LogP contribution in [0, 0.1) is 19.8 Å². The minimum Gasteiger partial charge on any atom is -0.357 e. The van der Waals surface area contributed by atoms with Crippen LogP contribution in [0.5, 0.6) is 0 Å². The van der Waals surface area contributed by atoms with Gasteiger partial charge in [-0.25, -0.2) is 13.1 Å². The first-order valence-corrected chi connectivity index (χ1v) is 10.00. The van der Waals surface area contributed by atoms with Gasteiger partial charge in [-0.1, -0.05) is 12.1 Å². The molecule has 0 radical (unpaired) electrons. The third-order valence-corrected chi connectivity index (χ3v) is 5.49. The van der Waals surface area contributed by atoms with Crippen LogP contribution in [-0.2, 0) is 10.0 Å². The number of benzene rings is 1. The quantitative estimate of drug-likeness (QED) is 0.231. The standard InChI is InChI=1S/C17H28N4O2S.HI/c1-4-18-17(20-12-15-7-8-15)19-9-10-21-24(22,23)16-11-13(2)5-6-14(16)3;/h5-6,11,15,21H,4,7-10,12H2,1-3H3,(H2,18,19,20);1H. The topological polar surface area (TPSA) is 82.6 Å². The molecule has 1 aliphatic carbocycles. The van der Waals surface area contributed by atoms with Crippen LogP contribution in [0.2, 0.25) is 0 Å². The summed E-state index contributed by atoms with van der Waals surface area (Å²) in [6.45, 7) is 8.12. The monoisotopic (exact) mass is 480 g/mol. The van der Waals surface area contributed by atoms with Gasteiger partial charge < -0.3 is 10.6 Å². The first-order chi connectivity index (χ1) is 11.4. The van der Waals surface area contributed by atoms with Crippen molar-refractivity contribution in [2.45, 2.75) is 38.5 Å². The van der Waals surface area contributed by atoms with Crippen LogP contribution in [-0.4, -0.2) is 40.6 Å². The van der Waals surface area contributed by atoms with Gasteiger partial charge in [-0.05, 0) is 56.7 Å². The van der Waals surface area contributed by atoms with E-state index in [4.69, 9.17) is 0 Å². The van der Waals surface area contributed by atoms with Crippen molar-refractivity contribution < 1.29 is 8.42 Å². The molecule has 0 atom stereocenters. The van der Waals surface area contributed by atoms with Crippen molar-refractivity contribution in [1.29, 1.82) is 0 Å². The van der Waals surface area contributed by atoms with E-state index in [1.54, 1.807) is 13.0 Å². The predicted octanol–water partition coefficient (Wildman–Crippen LogP) is 2.16. The average molecular weight is 480 g/mol. The Hall–Kier alpha value is -0.870. The summed E-state index contributed by atoms with van der Waals surface area (Å²) in [7, 11) is -3.49. The highest BCUT2D eigenvalue weighted by atomic mass is 127. The number of halogens is 1. The number of nitrogens with one attached hydrogen (secondary N) is 3. The number of aliphatic imine (C=N–C) groups is 1. The predicted molar refractivity (Wildman–Crippen MR) is 113 cm³/mol. The number of sulfonamides is 1. The summed E-state index contributed by atoms with van der Waals surface area (Å²) in [6.07, 6.45) is 2.52. The second-order valence-corrected chi connectivity index (χ2v) is 7.99. The molecular weight excluding hydrogens is 451 g/mol. The fourth-order valence-corrected chi connectivity index (χ4v) is 3.66. The van der Waals surface area contributed by atoms with Gasteiger partial charge in [-0.2, -0.15) is 0 Å². The molecule has 1 aromatic rings. The second-order valence-electron chi connectivity index (χ2n) is 6.26. The molecular formula is C17H29IN4O2S. The Labute approximate surface area is 168 Å². The molecule has 1 fully saturated rings. The third-order valence-electron chi connectivity index (χ3n) is 3.89. The van der Waals surface area contributed by atoms with Gasteiger partial charge in [0.2, 0.25) is 10.0 Å². The fourth-order valence-electron chi connectivity index (χ4n) is 2.30. The van der Waals surface area contributed by atoms with Crippen molar-refractivity contribution in [1.82, 2.24) is 15.4 Å². The molecule has 1 aliphatic rings. The van der Waals surface area contributed by atoms with E-state index in [1.807, 2.05) is 26.0 Å². The molecule has 6 nitrogen and oxygen atoms in total. The van der Waals surface area contributed by atoms with Crippen LogP contribution in [0.25, 0.3) is 0 Å². The van der Waals surface area contributed by atoms with Crippen molar-refractivity contribution in [3.8, 4) is 0 Å². The molecule has 1 aromatic carbocycles. The SMILES string of the molecule is CCNC(=NCC1CC1)NCCNS(=O)(=O)c1cc(C)ccc1C.I. The molecule has 25 heavy (non-hydrogen) atoms. The van der Waals surface area contributed by atoms with E-state index in [1.165, 1.54) is 12.8 Å². The van der Waals surface area contributed by atoms with Crippen LogP contribution >= 0.6 is 24.0 Å². The fraction of sp³-hybridized carbons (Fsp3) is 0.588. The Bertz CT molecular complexity index is 688. The summed E-state index contributed by atoms with van der Waals surface area (Å²) in [4.78, 5) is 4.85. The minimum atomic E-state index is -3.49. The van der Waals surface area contributed by atoms with Crippen molar-refractivity contribution in [2.75, 3.05) is 26.2 Å². The summed E-state index contributed by atoms with van der Waals surface area (Å²) in [5.74, 6) is 1.47. The largest absolute Gasteiger partial charge is 0.357 e. The molecule has 0 spiro atoms. The second kappa shape index (κ2) is 10.3. The number of rotatable bonds is 8. The summed E-state index contributed by atoms with van der Waals surface area (Å²) in [6, 6.07) is 5.44. The summed E-state index contributed by atoms with van der Waals surface area (Å²) in [5, 5.41) is 6.34. The average Bonchev–Trinajstić information content (AvgIpc) is 3.35. The molecule has 0 aromatic heterocycles. The molecule has 142 valence electrons. The maximum Gasteiger partial charge on any atom is 0.240 e. The zero-order valence-electron chi connectivity index (χ0n) is 15.1. The van der Waals surface area contributed by atoms with Crippen LogP contribution < -0.4 is 15.4 Å². The maximum atomic E-state index is 12.4. The number of hydrogen-bond donors (Lipinski definition) is 3. The zero-order valence-corrected chi connectivity index (χ0v) is 18.3. The Morgan fingerprint density at radius 1 is 1.20 bits per heavy atom. The molecule has 0 aliphatic heterocycles. The number of aryl methyl sites for hydroxylation is 2. The zero-order chi connectivity index (χ0) is 17.6. The van der Waals surface area contributed by atoms with Gasteiger partial charge in [-0.15, -0.1) is 24.0 Å². The van der Waals surface area contributed by atoms with E-state index in [2.05, 4.69) is 20.3 Å². The normalized spacial score (nSPS) is 14.8. The molecule has 3 N–H and O–H groups in total. The Kier molecular flexibility index (Phi) is 9.15. The van der Waals surface area contributed by atoms with Crippen molar-refractivity contribution in [3.05, 3.63) is 29.3 Å². The highest BCUT2D eigenvalue weighted by Gasteiger charge is 2.20. The molecule has 0 amide bonds. The molecule has 0 bridgehead atoms. The maximum absolute atomic E-state index is 12.4. The minimum absolute atomic E-state index is 0. The molecule has 0 unspecified atom stereocenters.